The standard InChI is InChI=1S/C9H16N2O2/c1-11(7-2-3-7)9(12)8-6-10-4-5-13-8/h7-8,10H,2-6H2,1H3/t8-/m1/s1. The number of rotatable bonds is 2. The van der Waals surface area contributed by atoms with Crippen molar-refractivity contribution in [1.29, 1.82) is 0 Å². The lowest BCUT2D eigenvalue weighted by Gasteiger charge is -2.27. The van der Waals surface area contributed by atoms with Gasteiger partial charge in [0.05, 0.1) is 6.61 Å². The summed E-state index contributed by atoms with van der Waals surface area (Å²) >= 11 is 0. The molecule has 1 saturated heterocycles. The molecule has 13 heavy (non-hydrogen) atoms. The minimum Gasteiger partial charge on any atom is -0.366 e. The second-order valence-electron chi connectivity index (χ2n) is 3.74. The van der Waals surface area contributed by atoms with Gasteiger partial charge in [-0.3, -0.25) is 4.79 Å². The number of nitrogens with zero attached hydrogens (tertiary/aromatic N) is 1. The van der Waals surface area contributed by atoms with Gasteiger partial charge in [0, 0.05) is 26.2 Å². The van der Waals surface area contributed by atoms with Crippen LogP contribution in [-0.2, 0) is 9.53 Å². The van der Waals surface area contributed by atoms with Gasteiger partial charge in [-0.1, -0.05) is 0 Å². The van der Waals surface area contributed by atoms with Gasteiger partial charge in [-0.15, -0.1) is 0 Å². The highest BCUT2D eigenvalue weighted by molar-refractivity contribution is 5.81. The van der Waals surface area contributed by atoms with Crippen LogP contribution in [0.2, 0.25) is 0 Å². The van der Waals surface area contributed by atoms with E-state index in [2.05, 4.69) is 5.32 Å². The maximum absolute atomic E-state index is 11.7. The Morgan fingerprint density at radius 2 is 2.31 bits per heavy atom. The molecule has 2 fully saturated rings. The molecule has 0 spiro atoms. The SMILES string of the molecule is CN(C(=O)[C@H]1CNCCO1)C1CC1. The Kier molecular flexibility index (Phi) is 2.51. The maximum Gasteiger partial charge on any atom is 0.253 e. The van der Waals surface area contributed by atoms with Crippen molar-refractivity contribution in [1.82, 2.24) is 10.2 Å². The second kappa shape index (κ2) is 3.64. The summed E-state index contributed by atoms with van der Waals surface area (Å²) < 4.78 is 5.39. The van der Waals surface area contributed by atoms with E-state index < -0.39 is 0 Å². The van der Waals surface area contributed by atoms with Gasteiger partial charge in [0.25, 0.3) is 5.91 Å². The van der Waals surface area contributed by atoms with E-state index in [0.29, 0.717) is 19.2 Å². The summed E-state index contributed by atoms with van der Waals surface area (Å²) in [6.45, 7) is 2.17. The molecular formula is C9H16N2O2. The van der Waals surface area contributed by atoms with Crippen molar-refractivity contribution in [3.05, 3.63) is 0 Å². The molecule has 1 aliphatic carbocycles. The molecule has 0 aromatic heterocycles. The molecule has 1 atom stereocenters. The molecule has 2 rings (SSSR count). The Morgan fingerprint density at radius 3 is 2.85 bits per heavy atom. The molecule has 0 radical (unpaired) electrons. The topological polar surface area (TPSA) is 41.6 Å². The van der Waals surface area contributed by atoms with E-state index in [9.17, 15) is 4.79 Å². The summed E-state index contributed by atoms with van der Waals surface area (Å²) in [5, 5.41) is 3.16. The Bertz CT molecular complexity index is 198. The first-order chi connectivity index (χ1) is 6.29. The monoisotopic (exact) mass is 184 g/mol. The number of hydrogen-bond acceptors (Lipinski definition) is 3. The molecule has 74 valence electrons. The Hall–Kier alpha value is -0.610. The zero-order chi connectivity index (χ0) is 9.26. The molecule has 1 amide bonds. The Morgan fingerprint density at radius 1 is 1.54 bits per heavy atom. The number of carbonyl (C=O) groups excluding carboxylic acids is 1. The van der Waals surface area contributed by atoms with Gasteiger partial charge in [-0.05, 0) is 12.8 Å². The van der Waals surface area contributed by atoms with Gasteiger partial charge in [0.1, 0.15) is 6.10 Å². The van der Waals surface area contributed by atoms with Crippen LogP contribution in [0.4, 0.5) is 0 Å². The van der Waals surface area contributed by atoms with Crippen molar-refractivity contribution in [2.45, 2.75) is 25.0 Å². The molecule has 0 bridgehead atoms. The first kappa shape index (κ1) is 8.97. The average molecular weight is 184 g/mol. The summed E-state index contributed by atoms with van der Waals surface area (Å²) in [6.07, 6.45) is 2.06. The van der Waals surface area contributed by atoms with E-state index >= 15 is 0 Å². The van der Waals surface area contributed by atoms with Gasteiger partial charge in [-0.2, -0.15) is 0 Å². The number of amides is 1. The van der Waals surface area contributed by atoms with Crippen LogP contribution in [0.3, 0.4) is 0 Å². The third-order valence-electron chi connectivity index (χ3n) is 2.65. The summed E-state index contributed by atoms with van der Waals surface area (Å²) in [5.41, 5.74) is 0. The predicted molar refractivity (Wildman–Crippen MR) is 48.4 cm³/mol. The minimum atomic E-state index is -0.251. The fourth-order valence-corrected chi connectivity index (χ4v) is 1.59. The number of carbonyl (C=O) groups is 1. The highest BCUT2D eigenvalue weighted by Crippen LogP contribution is 2.26. The van der Waals surface area contributed by atoms with E-state index in [-0.39, 0.29) is 12.0 Å². The van der Waals surface area contributed by atoms with Crippen LogP contribution >= 0.6 is 0 Å². The summed E-state index contributed by atoms with van der Waals surface area (Å²) in [4.78, 5) is 13.6. The van der Waals surface area contributed by atoms with Crippen LogP contribution in [0.5, 0.6) is 0 Å². The lowest BCUT2D eigenvalue weighted by Crippen LogP contribution is -2.48. The van der Waals surface area contributed by atoms with E-state index in [4.69, 9.17) is 4.74 Å². The van der Waals surface area contributed by atoms with Gasteiger partial charge in [0.15, 0.2) is 0 Å². The maximum atomic E-state index is 11.7. The lowest BCUT2D eigenvalue weighted by molar-refractivity contribution is -0.144. The molecule has 4 heteroatoms. The van der Waals surface area contributed by atoms with Crippen molar-refractivity contribution in [3.63, 3.8) is 0 Å². The highest BCUT2D eigenvalue weighted by atomic mass is 16.5. The Balaban J connectivity index is 1.86. The molecule has 4 nitrogen and oxygen atoms in total. The fraction of sp³-hybridized carbons (Fsp3) is 0.889. The van der Waals surface area contributed by atoms with Gasteiger partial charge in [-0.25, -0.2) is 0 Å². The quantitative estimate of drug-likeness (QED) is 0.634. The molecule has 1 N–H and O–H groups in total. The number of hydrogen-bond donors (Lipinski definition) is 1. The molecule has 1 saturated carbocycles. The van der Waals surface area contributed by atoms with Gasteiger partial charge in [0.2, 0.25) is 0 Å². The van der Waals surface area contributed by atoms with E-state index in [1.54, 1.807) is 0 Å². The lowest BCUT2D eigenvalue weighted by atomic mass is 10.2. The van der Waals surface area contributed by atoms with E-state index in [0.717, 1.165) is 19.4 Å². The third kappa shape index (κ3) is 2.00. The number of morpholine rings is 1. The van der Waals surface area contributed by atoms with Crippen molar-refractivity contribution < 1.29 is 9.53 Å². The van der Waals surface area contributed by atoms with Crippen LogP contribution in [-0.4, -0.2) is 49.7 Å². The summed E-state index contributed by atoms with van der Waals surface area (Å²) in [7, 11) is 1.87. The number of likely N-dealkylation sites (N-methyl/N-ethyl adjacent to an activating group) is 1. The molecule has 1 aliphatic heterocycles. The zero-order valence-electron chi connectivity index (χ0n) is 7.95. The molecular weight excluding hydrogens is 168 g/mol. The number of nitrogens with one attached hydrogen (secondary N) is 1. The smallest absolute Gasteiger partial charge is 0.253 e. The van der Waals surface area contributed by atoms with E-state index in [1.807, 2.05) is 11.9 Å². The van der Waals surface area contributed by atoms with E-state index in [1.165, 1.54) is 0 Å². The predicted octanol–water partition coefficient (Wildman–Crippen LogP) is -0.404. The van der Waals surface area contributed by atoms with Crippen LogP contribution < -0.4 is 5.32 Å². The fourth-order valence-electron chi connectivity index (χ4n) is 1.59. The molecule has 0 aromatic carbocycles. The van der Waals surface area contributed by atoms with Crippen LogP contribution in [0.1, 0.15) is 12.8 Å². The number of ether oxygens (including phenoxy) is 1. The first-order valence-corrected chi connectivity index (χ1v) is 4.88. The normalized spacial score (nSPS) is 28.5. The largest absolute Gasteiger partial charge is 0.366 e. The van der Waals surface area contributed by atoms with Crippen molar-refractivity contribution in [2.24, 2.45) is 0 Å². The third-order valence-corrected chi connectivity index (χ3v) is 2.65. The molecule has 1 heterocycles. The molecule has 0 unspecified atom stereocenters. The molecule has 2 aliphatic rings. The summed E-state index contributed by atoms with van der Waals surface area (Å²) in [5.74, 6) is 0.134. The average Bonchev–Trinajstić information content (AvgIpc) is 3.00. The van der Waals surface area contributed by atoms with Crippen LogP contribution in [0, 0.1) is 0 Å². The first-order valence-electron chi connectivity index (χ1n) is 4.88. The molecule has 0 aromatic rings. The van der Waals surface area contributed by atoms with Gasteiger partial charge >= 0.3 is 0 Å². The zero-order valence-corrected chi connectivity index (χ0v) is 7.95. The van der Waals surface area contributed by atoms with Crippen molar-refractivity contribution in [2.75, 3.05) is 26.7 Å². The van der Waals surface area contributed by atoms with Crippen LogP contribution in [0.25, 0.3) is 0 Å². The highest BCUT2D eigenvalue weighted by Gasteiger charge is 2.34. The van der Waals surface area contributed by atoms with Crippen LogP contribution in [0.15, 0.2) is 0 Å². The van der Waals surface area contributed by atoms with Crippen molar-refractivity contribution in [3.8, 4) is 0 Å². The minimum absolute atomic E-state index is 0.134. The summed E-state index contributed by atoms with van der Waals surface area (Å²) in [6, 6.07) is 0.484. The Labute approximate surface area is 78.2 Å². The van der Waals surface area contributed by atoms with Gasteiger partial charge < -0.3 is 15.0 Å². The second-order valence-corrected chi connectivity index (χ2v) is 3.74. The van der Waals surface area contributed by atoms with Crippen molar-refractivity contribution >= 4 is 5.91 Å².